The summed E-state index contributed by atoms with van der Waals surface area (Å²) >= 11 is 0. The number of anilines is 2. The van der Waals surface area contributed by atoms with Crippen LogP contribution in [0.25, 0.3) is 11.3 Å². The zero-order valence-electron chi connectivity index (χ0n) is 12.9. The van der Waals surface area contributed by atoms with Gasteiger partial charge in [-0.2, -0.15) is 0 Å². The molecule has 0 aliphatic heterocycles. The zero-order valence-corrected chi connectivity index (χ0v) is 12.9. The van der Waals surface area contributed by atoms with Crippen molar-refractivity contribution >= 4 is 17.5 Å². The Kier molecular flexibility index (Phi) is 4.32. The molecule has 9 heteroatoms. The number of pyridine rings is 1. The molecular formula is C15H15N7O2. The molecule has 4 N–H and O–H groups in total. The van der Waals surface area contributed by atoms with Gasteiger partial charge in [0.2, 0.25) is 5.95 Å². The fourth-order valence-corrected chi connectivity index (χ4v) is 2.06. The van der Waals surface area contributed by atoms with E-state index in [1.807, 2.05) is 19.1 Å². The van der Waals surface area contributed by atoms with E-state index in [1.54, 1.807) is 24.3 Å². The minimum atomic E-state index is -0.452. The van der Waals surface area contributed by atoms with Gasteiger partial charge in [-0.3, -0.25) is 10.1 Å². The molecule has 3 rings (SSSR count). The summed E-state index contributed by atoms with van der Waals surface area (Å²) in [6.45, 7) is 2.33. The van der Waals surface area contributed by atoms with Crippen molar-refractivity contribution in [1.29, 1.82) is 0 Å². The number of hydrogen-bond acceptors (Lipinski definition) is 7. The maximum absolute atomic E-state index is 12.3. The van der Waals surface area contributed by atoms with Crippen molar-refractivity contribution < 1.29 is 9.53 Å². The van der Waals surface area contributed by atoms with Crippen LogP contribution in [0.4, 0.5) is 11.6 Å². The maximum atomic E-state index is 12.3. The summed E-state index contributed by atoms with van der Waals surface area (Å²) in [4.78, 5) is 16.7. The topological polar surface area (TPSA) is 132 Å². The van der Waals surface area contributed by atoms with E-state index < -0.39 is 5.91 Å². The Labute approximate surface area is 137 Å². The number of nitrogens with two attached hydrogens (primary N) is 1. The lowest BCUT2D eigenvalue weighted by molar-refractivity contribution is 0.102. The first-order valence-electron chi connectivity index (χ1n) is 7.21. The van der Waals surface area contributed by atoms with Crippen LogP contribution in [0.2, 0.25) is 0 Å². The third kappa shape index (κ3) is 3.46. The monoisotopic (exact) mass is 325 g/mol. The van der Waals surface area contributed by atoms with E-state index in [4.69, 9.17) is 10.5 Å². The molecule has 0 atom stereocenters. The van der Waals surface area contributed by atoms with Gasteiger partial charge in [0.15, 0.2) is 0 Å². The number of aromatic amines is 1. The van der Waals surface area contributed by atoms with Crippen LogP contribution in [0.15, 0.2) is 36.4 Å². The number of carbonyl (C=O) groups is 1. The minimum Gasteiger partial charge on any atom is -0.494 e. The molecule has 2 heterocycles. The Balaban J connectivity index is 1.96. The highest BCUT2D eigenvalue weighted by atomic mass is 16.5. The van der Waals surface area contributed by atoms with Gasteiger partial charge in [-0.15, -0.1) is 0 Å². The van der Waals surface area contributed by atoms with Crippen molar-refractivity contribution in [2.45, 2.75) is 6.92 Å². The van der Waals surface area contributed by atoms with Crippen LogP contribution in [0.3, 0.4) is 0 Å². The van der Waals surface area contributed by atoms with Crippen molar-refractivity contribution in [3.05, 3.63) is 42.1 Å². The van der Waals surface area contributed by atoms with Crippen molar-refractivity contribution in [1.82, 2.24) is 25.6 Å². The number of hydrogen-bond donors (Lipinski definition) is 3. The number of rotatable bonds is 5. The lowest BCUT2D eigenvalue weighted by atomic mass is 10.1. The summed E-state index contributed by atoms with van der Waals surface area (Å²) in [7, 11) is 0. The summed E-state index contributed by atoms with van der Waals surface area (Å²) < 4.78 is 5.52. The number of amides is 1. The molecule has 1 amide bonds. The number of nitrogen functional groups attached to an aromatic ring is 1. The number of aromatic nitrogens is 5. The Morgan fingerprint density at radius 1 is 1.29 bits per heavy atom. The molecule has 0 unspecified atom stereocenters. The average Bonchev–Trinajstić information content (AvgIpc) is 3.08. The van der Waals surface area contributed by atoms with Gasteiger partial charge in [0.1, 0.15) is 11.4 Å². The molecule has 0 aliphatic carbocycles. The Morgan fingerprint density at radius 2 is 2.08 bits per heavy atom. The number of ether oxygens (including phenoxy) is 1. The van der Waals surface area contributed by atoms with Crippen LogP contribution >= 0.6 is 0 Å². The van der Waals surface area contributed by atoms with Gasteiger partial charge in [-0.1, -0.05) is 17.2 Å². The van der Waals surface area contributed by atoms with E-state index >= 15 is 0 Å². The first kappa shape index (κ1) is 15.4. The Bertz CT molecular complexity index is 832. The second-order valence-corrected chi connectivity index (χ2v) is 4.83. The fraction of sp³-hybridized carbons (Fsp3) is 0.133. The van der Waals surface area contributed by atoms with Gasteiger partial charge in [-0.25, -0.2) is 10.1 Å². The molecule has 0 aliphatic rings. The highest BCUT2D eigenvalue weighted by molar-refractivity contribution is 6.02. The number of nitrogens with one attached hydrogen (secondary N) is 2. The number of carbonyl (C=O) groups excluding carboxylic acids is 1. The summed E-state index contributed by atoms with van der Waals surface area (Å²) in [5.74, 6) is 0.226. The molecule has 2 aromatic heterocycles. The first-order chi connectivity index (χ1) is 11.7. The van der Waals surface area contributed by atoms with E-state index in [0.29, 0.717) is 23.7 Å². The van der Waals surface area contributed by atoms with Crippen LogP contribution in [-0.2, 0) is 0 Å². The standard InChI is InChI=1S/C15H15N7O2/c1-2-24-11-7-12(9-3-5-10(16)6-4-9)17-13(8-11)14(23)18-15-19-21-22-20-15/h3-8H,2,16H2,1H3,(H2,18,19,20,21,22,23). The van der Waals surface area contributed by atoms with Gasteiger partial charge >= 0.3 is 0 Å². The van der Waals surface area contributed by atoms with Crippen LogP contribution < -0.4 is 15.8 Å². The largest absolute Gasteiger partial charge is 0.494 e. The van der Waals surface area contributed by atoms with Gasteiger partial charge in [0, 0.05) is 23.4 Å². The quantitative estimate of drug-likeness (QED) is 0.605. The maximum Gasteiger partial charge on any atom is 0.276 e. The predicted octanol–water partition coefficient (Wildman–Crippen LogP) is 1.49. The highest BCUT2D eigenvalue weighted by Gasteiger charge is 2.14. The summed E-state index contributed by atoms with van der Waals surface area (Å²) in [6.07, 6.45) is 0. The summed E-state index contributed by atoms with van der Waals surface area (Å²) in [5.41, 5.74) is 7.96. The van der Waals surface area contributed by atoms with Gasteiger partial charge in [-0.05, 0) is 29.5 Å². The van der Waals surface area contributed by atoms with Crippen molar-refractivity contribution in [2.75, 3.05) is 17.7 Å². The van der Waals surface area contributed by atoms with Crippen LogP contribution in [0.1, 0.15) is 17.4 Å². The molecule has 0 saturated heterocycles. The molecule has 0 saturated carbocycles. The van der Waals surface area contributed by atoms with Crippen molar-refractivity contribution in [3.8, 4) is 17.0 Å². The Morgan fingerprint density at radius 3 is 2.75 bits per heavy atom. The van der Waals surface area contributed by atoms with Crippen molar-refractivity contribution in [2.24, 2.45) is 0 Å². The lowest BCUT2D eigenvalue weighted by Crippen LogP contribution is -2.15. The molecule has 1 aromatic carbocycles. The second-order valence-electron chi connectivity index (χ2n) is 4.83. The number of nitrogens with zero attached hydrogens (tertiary/aromatic N) is 4. The summed E-state index contributed by atoms with van der Waals surface area (Å²) in [6, 6.07) is 10.5. The molecule has 0 fully saturated rings. The van der Waals surface area contributed by atoms with Crippen LogP contribution in [-0.4, -0.2) is 38.1 Å². The van der Waals surface area contributed by atoms with E-state index in [2.05, 4.69) is 30.9 Å². The fourth-order valence-electron chi connectivity index (χ4n) is 2.06. The molecule has 9 nitrogen and oxygen atoms in total. The Hall–Kier alpha value is -3.49. The number of benzene rings is 1. The van der Waals surface area contributed by atoms with Crippen LogP contribution in [0, 0.1) is 0 Å². The van der Waals surface area contributed by atoms with E-state index in [9.17, 15) is 4.79 Å². The average molecular weight is 325 g/mol. The van der Waals surface area contributed by atoms with Gasteiger partial charge in [0.25, 0.3) is 5.91 Å². The number of H-pyrrole nitrogens is 1. The molecule has 122 valence electrons. The van der Waals surface area contributed by atoms with Crippen molar-refractivity contribution in [3.63, 3.8) is 0 Å². The van der Waals surface area contributed by atoms with E-state index in [1.165, 1.54) is 0 Å². The minimum absolute atomic E-state index is 0.137. The predicted molar refractivity (Wildman–Crippen MR) is 87.4 cm³/mol. The molecule has 3 aromatic rings. The molecule has 0 spiro atoms. The third-order valence-electron chi connectivity index (χ3n) is 3.13. The molecule has 0 radical (unpaired) electrons. The highest BCUT2D eigenvalue weighted by Crippen LogP contribution is 2.24. The van der Waals surface area contributed by atoms with E-state index in [0.717, 1.165) is 5.56 Å². The second kappa shape index (κ2) is 6.73. The molecule has 24 heavy (non-hydrogen) atoms. The van der Waals surface area contributed by atoms with E-state index in [-0.39, 0.29) is 11.6 Å². The summed E-state index contributed by atoms with van der Waals surface area (Å²) in [5, 5.41) is 15.4. The van der Waals surface area contributed by atoms with Crippen LogP contribution in [0.5, 0.6) is 5.75 Å². The smallest absolute Gasteiger partial charge is 0.276 e. The van der Waals surface area contributed by atoms with Gasteiger partial charge < -0.3 is 10.5 Å². The lowest BCUT2D eigenvalue weighted by Gasteiger charge is -2.09. The third-order valence-corrected chi connectivity index (χ3v) is 3.13. The SMILES string of the molecule is CCOc1cc(C(=O)Nc2nnn[nH]2)nc(-c2ccc(N)cc2)c1. The van der Waals surface area contributed by atoms with Gasteiger partial charge in [0.05, 0.1) is 12.3 Å². The first-order valence-corrected chi connectivity index (χ1v) is 7.21. The molecular weight excluding hydrogens is 310 g/mol. The zero-order chi connectivity index (χ0) is 16.9. The normalized spacial score (nSPS) is 10.4. The molecule has 0 bridgehead atoms. The number of tetrazole rings is 1.